The summed E-state index contributed by atoms with van der Waals surface area (Å²) in [4.78, 5) is 70.3. The molecule has 1 saturated heterocycles. The first-order valence-electron chi connectivity index (χ1n) is 13.5. The molecule has 1 fully saturated rings. The fourth-order valence-corrected chi connectivity index (χ4v) is 4.23. The van der Waals surface area contributed by atoms with Crippen LogP contribution in [0.15, 0.2) is 18.2 Å². The molecule has 5 atom stereocenters. The van der Waals surface area contributed by atoms with Gasteiger partial charge in [0.25, 0.3) is 0 Å². The molecule has 2 aromatic carbocycles. The number of hydrogen-bond acceptors (Lipinski definition) is 15. The van der Waals surface area contributed by atoms with Gasteiger partial charge in [0, 0.05) is 33.8 Å². The second-order valence-electron chi connectivity index (χ2n) is 9.78. The molecule has 0 bridgehead atoms. The Hall–Kier alpha value is -5.60. The third-order valence-electron chi connectivity index (χ3n) is 6.12. The van der Waals surface area contributed by atoms with Crippen LogP contribution >= 0.6 is 0 Å². The van der Waals surface area contributed by atoms with Crippen molar-refractivity contribution in [3.8, 4) is 11.5 Å². The Morgan fingerprint density at radius 2 is 1.29 bits per heavy atom. The Kier molecular flexibility index (Phi) is 12.4. The summed E-state index contributed by atoms with van der Waals surface area (Å²) >= 11 is 0. The lowest BCUT2D eigenvalue weighted by atomic mass is 9.98. The number of ether oxygens (including phenoxy) is 8. The molecule has 0 amide bonds. The minimum atomic E-state index is -2.51. The second-order valence-corrected chi connectivity index (χ2v) is 9.78. The molecule has 1 aliphatic rings. The van der Waals surface area contributed by atoms with Gasteiger partial charge in [0.2, 0.25) is 47.2 Å². The molecular weight excluding hydrogens is 685 g/mol. The Morgan fingerprint density at radius 3 is 1.82 bits per heavy atom. The number of esters is 4. The molecule has 3 rings (SSSR count). The molecular formula is C28H24F5NO15. The average molecular weight is 709 g/mol. The summed E-state index contributed by atoms with van der Waals surface area (Å²) in [5.41, 5.74) is -1.06. The van der Waals surface area contributed by atoms with Gasteiger partial charge < -0.3 is 37.9 Å². The van der Waals surface area contributed by atoms with Crippen LogP contribution in [0.25, 0.3) is 0 Å². The molecule has 266 valence electrons. The van der Waals surface area contributed by atoms with Crippen LogP contribution in [0.4, 0.5) is 32.4 Å². The van der Waals surface area contributed by atoms with Crippen molar-refractivity contribution in [2.45, 2.75) is 65.0 Å². The van der Waals surface area contributed by atoms with Crippen molar-refractivity contribution in [2.24, 2.45) is 0 Å². The standard InChI is InChI=1S/C28H24F5NO15/c1-10(35)42-9-17-23(44-11(2)36)25(45-12(3)37)26(46-13(4)38)27(48-17)47-16-6-5-14(7-15(16)34(40)41)8-43-28(39)49-24-21(32)19(30)18(29)20(31)22(24)33/h5-7,17,23,25-27H,8-9H2,1-4H3/t17-,23+,25+,26-,27-/m1/s1. The highest BCUT2D eigenvalue weighted by Crippen LogP contribution is 2.35. The van der Waals surface area contributed by atoms with E-state index < -0.39 is 125 Å². The molecule has 1 heterocycles. The van der Waals surface area contributed by atoms with Crippen molar-refractivity contribution in [1.82, 2.24) is 0 Å². The van der Waals surface area contributed by atoms with E-state index in [9.17, 15) is 56.0 Å². The zero-order valence-electron chi connectivity index (χ0n) is 25.5. The average Bonchev–Trinajstić information content (AvgIpc) is 3.01. The van der Waals surface area contributed by atoms with E-state index in [0.29, 0.717) is 0 Å². The number of carbonyl (C=O) groups is 5. The maximum absolute atomic E-state index is 13.8. The van der Waals surface area contributed by atoms with Gasteiger partial charge in [0.15, 0.2) is 18.0 Å². The van der Waals surface area contributed by atoms with Crippen LogP contribution in [0.5, 0.6) is 11.5 Å². The number of halogens is 5. The summed E-state index contributed by atoms with van der Waals surface area (Å²) in [6.45, 7) is 2.40. The van der Waals surface area contributed by atoms with Crippen LogP contribution in [0, 0.1) is 39.2 Å². The molecule has 49 heavy (non-hydrogen) atoms. The number of rotatable bonds is 11. The highest BCUT2D eigenvalue weighted by Gasteiger charge is 2.53. The van der Waals surface area contributed by atoms with Crippen LogP contribution in [0.1, 0.15) is 33.3 Å². The van der Waals surface area contributed by atoms with E-state index in [1.807, 2.05) is 0 Å². The molecule has 1 aliphatic heterocycles. The van der Waals surface area contributed by atoms with E-state index >= 15 is 0 Å². The van der Waals surface area contributed by atoms with Crippen molar-refractivity contribution < 1.29 is 88.7 Å². The molecule has 0 spiro atoms. The zero-order valence-corrected chi connectivity index (χ0v) is 25.5. The maximum atomic E-state index is 13.8. The van der Waals surface area contributed by atoms with E-state index in [1.165, 1.54) is 0 Å². The lowest BCUT2D eigenvalue weighted by Crippen LogP contribution is -2.63. The van der Waals surface area contributed by atoms with Gasteiger partial charge in [-0.05, 0) is 11.6 Å². The fraction of sp³-hybridized carbons (Fsp3) is 0.393. The van der Waals surface area contributed by atoms with E-state index in [4.69, 9.17) is 28.4 Å². The molecule has 0 radical (unpaired) electrons. The first-order valence-corrected chi connectivity index (χ1v) is 13.5. The van der Waals surface area contributed by atoms with Gasteiger partial charge in [0.1, 0.15) is 19.3 Å². The minimum absolute atomic E-state index is 0.199. The second kappa shape index (κ2) is 16.0. The Labute approximate surface area is 271 Å². The van der Waals surface area contributed by atoms with Gasteiger partial charge in [-0.15, -0.1) is 0 Å². The summed E-state index contributed by atoms with van der Waals surface area (Å²) in [5, 5.41) is 11.9. The van der Waals surface area contributed by atoms with Crippen LogP contribution in [0.3, 0.4) is 0 Å². The van der Waals surface area contributed by atoms with Gasteiger partial charge in [-0.25, -0.2) is 18.0 Å². The van der Waals surface area contributed by atoms with Crippen LogP contribution in [0.2, 0.25) is 0 Å². The van der Waals surface area contributed by atoms with Crippen molar-refractivity contribution in [3.63, 3.8) is 0 Å². The van der Waals surface area contributed by atoms with E-state index in [0.717, 1.165) is 45.9 Å². The van der Waals surface area contributed by atoms with Crippen molar-refractivity contribution in [1.29, 1.82) is 0 Å². The van der Waals surface area contributed by atoms with Gasteiger partial charge in [-0.3, -0.25) is 29.3 Å². The normalized spacial score (nSPS) is 20.0. The molecule has 0 saturated carbocycles. The molecule has 21 heteroatoms. The number of benzene rings is 2. The van der Waals surface area contributed by atoms with Crippen molar-refractivity contribution >= 4 is 35.7 Å². The SMILES string of the molecule is CC(=O)OC[C@H]1O[C@@H](Oc2ccc(COC(=O)Oc3c(F)c(F)c(F)c(F)c3F)cc2[N+](=O)[O-])[C@H](OC(C)=O)[C@@H](OC(C)=O)[C@H]1OC(C)=O. The zero-order chi connectivity index (χ0) is 36.7. The molecule has 2 aromatic rings. The van der Waals surface area contributed by atoms with Crippen molar-refractivity contribution in [3.05, 3.63) is 63.0 Å². The summed E-state index contributed by atoms with van der Waals surface area (Å²) in [5.74, 6) is -18.5. The smallest absolute Gasteiger partial charge is 0.463 e. The van der Waals surface area contributed by atoms with Gasteiger partial charge in [0.05, 0.1) is 4.92 Å². The number of carbonyl (C=O) groups excluding carboxylic acids is 5. The topological polar surface area (TPSA) is 202 Å². The molecule has 0 unspecified atom stereocenters. The number of nitrogens with zero attached hydrogens (tertiary/aromatic N) is 1. The summed E-state index contributed by atoms with van der Waals surface area (Å²) in [6.07, 6.45) is -10.2. The molecule has 0 aromatic heterocycles. The van der Waals surface area contributed by atoms with Gasteiger partial charge in [-0.1, -0.05) is 6.07 Å². The van der Waals surface area contributed by atoms with Crippen LogP contribution in [-0.2, 0) is 54.2 Å². The predicted molar refractivity (Wildman–Crippen MR) is 143 cm³/mol. The molecule has 16 nitrogen and oxygen atoms in total. The predicted octanol–water partition coefficient (Wildman–Crippen LogP) is 3.47. The molecule has 0 N–H and O–H groups in total. The van der Waals surface area contributed by atoms with Crippen LogP contribution in [-0.4, -0.2) is 72.3 Å². The van der Waals surface area contributed by atoms with E-state index in [-0.39, 0.29) is 5.56 Å². The number of hydrogen-bond donors (Lipinski definition) is 0. The quantitative estimate of drug-likeness (QED) is 0.0479. The first kappa shape index (κ1) is 37.9. The van der Waals surface area contributed by atoms with Crippen LogP contribution < -0.4 is 9.47 Å². The number of nitro groups is 1. The Morgan fingerprint density at radius 1 is 0.755 bits per heavy atom. The van der Waals surface area contributed by atoms with Gasteiger partial charge >= 0.3 is 35.7 Å². The lowest BCUT2D eigenvalue weighted by Gasteiger charge is -2.43. The summed E-state index contributed by atoms with van der Waals surface area (Å²) in [7, 11) is 0. The Balaban J connectivity index is 1.90. The largest absolute Gasteiger partial charge is 0.514 e. The first-order chi connectivity index (χ1) is 22.9. The minimum Gasteiger partial charge on any atom is -0.463 e. The van der Waals surface area contributed by atoms with Gasteiger partial charge in [-0.2, -0.15) is 8.78 Å². The number of nitro benzene ring substituents is 1. The lowest BCUT2D eigenvalue weighted by molar-refractivity contribution is -0.387. The third kappa shape index (κ3) is 9.49. The fourth-order valence-electron chi connectivity index (χ4n) is 4.23. The summed E-state index contributed by atoms with van der Waals surface area (Å²) in [6, 6.07) is 2.76. The monoisotopic (exact) mass is 709 g/mol. The van der Waals surface area contributed by atoms with Crippen molar-refractivity contribution in [2.75, 3.05) is 6.61 Å². The third-order valence-corrected chi connectivity index (χ3v) is 6.12. The molecule has 0 aliphatic carbocycles. The van der Waals surface area contributed by atoms with E-state index in [2.05, 4.69) is 9.47 Å². The maximum Gasteiger partial charge on any atom is 0.514 e. The van der Waals surface area contributed by atoms with E-state index in [1.54, 1.807) is 0 Å². The Bertz CT molecular complexity index is 1630. The highest BCUT2D eigenvalue weighted by molar-refractivity contribution is 5.69. The summed E-state index contributed by atoms with van der Waals surface area (Å²) < 4.78 is 108. The highest BCUT2D eigenvalue weighted by atomic mass is 19.2.